The van der Waals surface area contributed by atoms with E-state index in [0.29, 0.717) is 0 Å². The van der Waals surface area contributed by atoms with Gasteiger partial charge in [0, 0.05) is 19.1 Å². The maximum atomic E-state index is 3.44. The largest absolute Gasteiger partial charge is 0.315 e. The van der Waals surface area contributed by atoms with Crippen molar-refractivity contribution in [3.63, 3.8) is 0 Å². The summed E-state index contributed by atoms with van der Waals surface area (Å²) in [7, 11) is 0. The Labute approximate surface area is 75.3 Å². The third-order valence-electron chi connectivity index (χ3n) is 3.24. The van der Waals surface area contributed by atoms with Crippen LogP contribution in [0.5, 0.6) is 0 Å². The first-order valence-corrected chi connectivity index (χ1v) is 5.31. The molecule has 2 heteroatoms. The maximum Gasteiger partial charge on any atom is 0.0232 e. The molecular weight excluding hydrogens is 148 g/mol. The predicted molar refractivity (Wildman–Crippen MR) is 51.2 cm³/mol. The minimum Gasteiger partial charge on any atom is -0.315 e. The molecule has 0 aromatic rings. The summed E-state index contributed by atoms with van der Waals surface area (Å²) in [6, 6.07) is 0.854. The molecule has 0 spiro atoms. The van der Waals surface area contributed by atoms with E-state index in [-0.39, 0.29) is 0 Å². The molecule has 70 valence electrons. The minimum absolute atomic E-state index is 0.854. The number of rotatable bonds is 1. The molecule has 0 saturated carbocycles. The van der Waals surface area contributed by atoms with E-state index in [9.17, 15) is 0 Å². The molecule has 0 aromatic heterocycles. The van der Waals surface area contributed by atoms with Crippen LogP contribution in [0.4, 0.5) is 0 Å². The van der Waals surface area contributed by atoms with E-state index < -0.39 is 0 Å². The summed E-state index contributed by atoms with van der Waals surface area (Å²) >= 11 is 0. The summed E-state index contributed by atoms with van der Waals surface area (Å²) in [5, 5.41) is 3.44. The van der Waals surface area contributed by atoms with E-state index in [4.69, 9.17) is 0 Å². The Bertz CT molecular complexity index is 141. The highest BCUT2D eigenvalue weighted by atomic mass is 15.2. The third kappa shape index (κ3) is 1.80. The normalized spacial score (nSPS) is 38.8. The molecule has 0 aromatic carbocycles. The fourth-order valence-electron chi connectivity index (χ4n) is 2.51. The maximum absolute atomic E-state index is 3.44. The fraction of sp³-hybridized carbons (Fsp3) is 1.00. The van der Waals surface area contributed by atoms with Crippen LogP contribution in [0.1, 0.15) is 26.2 Å². The van der Waals surface area contributed by atoms with Gasteiger partial charge in [0.1, 0.15) is 0 Å². The van der Waals surface area contributed by atoms with Crippen molar-refractivity contribution in [3.05, 3.63) is 0 Å². The lowest BCUT2D eigenvalue weighted by atomic mass is 9.98. The zero-order valence-electron chi connectivity index (χ0n) is 8.05. The summed E-state index contributed by atoms with van der Waals surface area (Å²) in [6.45, 7) is 7.53. The lowest BCUT2D eigenvalue weighted by molar-refractivity contribution is 0.138. The van der Waals surface area contributed by atoms with Crippen molar-refractivity contribution < 1.29 is 0 Å². The molecule has 2 atom stereocenters. The molecule has 2 heterocycles. The standard InChI is InChI=1S/C10H20N2/c1-9-3-2-6-12(8-9)10-4-5-11-7-10/h9-11H,2-8H2,1H3/t9-,10+/m1/s1. The lowest BCUT2D eigenvalue weighted by Gasteiger charge is -2.35. The van der Waals surface area contributed by atoms with Crippen LogP contribution in [0.2, 0.25) is 0 Å². The smallest absolute Gasteiger partial charge is 0.0232 e. The van der Waals surface area contributed by atoms with Crippen LogP contribution in [0.15, 0.2) is 0 Å². The van der Waals surface area contributed by atoms with E-state index in [1.165, 1.54) is 45.4 Å². The molecule has 0 radical (unpaired) electrons. The van der Waals surface area contributed by atoms with Crippen molar-refractivity contribution in [3.8, 4) is 0 Å². The average Bonchev–Trinajstić information content (AvgIpc) is 2.56. The van der Waals surface area contributed by atoms with Crippen LogP contribution in [0.3, 0.4) is 0 Å². The van der Waals surface area contributed by atoms with Gasteiger partial charge >= 0.3 is 0 Å². The highest BCUT2D eigenvalue weighted by Crippen LogP contribution is 2.19. The van der Waals surface area contributed by atoms with E-state index in [1.807, 2.05) is 0 Å². The quantitative estimate of drug-likeness (QED) is 0.630. The van der Waals surface area contributed by atoms with Gasteiger partial charge in [-0.15, -0.1) is 0 Å². The fourth-order valence-corrected chi connectivity index (χ4v) is 2.51. The molecule has 2 saturated heterocycles. The van der Waals surface area contributed by atoms with Gasteiger partial charge in [-0.25, -0.2) is 0 Å². The van der Waals surface area contributed by atoms with Crippen LogP contribution in [-0.2, 0) is 0 Å². The van der Waals surface area contributed by atoms with Gasteiger partial charge in [-0.05, 0) is 38.3 Å². The average molecular weight is 168 g/mol. The number of likely N-dealkylation sites (tertiary alicyclic amines) is 1. The Morgan fingerprint density at radius 1 is 1.33 bits per heavy atom. The number of nitrogens with zero attached hydrogens (tertiary/aromatic N) is 1. The van der Waals surface area contributed by atoms with Gasteiger partial charge in [-0.2, -0.15) is 0 Å². The SMILES string of the molecule is C[C@@H]1CCCN([C@H]2CCNC2)C1. The summed E-state index contributed by atoms with van der Waals surface area (Å²) in [4.78, 5) is 2.69. The molecule has 0 amide bonds. The van der Waals surface area contributed by atoms with Crippen LogP contribution in [0, 0.1) is 5.92 Å². The van der Waals surface area contributed by atoms with Gasteiger partial charge in [-0.3, -0.25) is 4.90 Å². The minimum atomic E-state index is 0.854. The molecule has 2 aliphatic heterocycles. The zero-order valence-corrected chi connectivity index (χ0v) is 8.05. The second-order valence-corrected chi connectivity index (χ2v) is 4.39. The second-order valence-electron chi connectivity index (χ2n) is 4.39. The topological polar surface area (TPSA) is 15.3 Å². The number of piperidine rings is 1. The van der Waals surface area contributed by atoms with E-state index in [0.717, 1.165) is 12.0 Å². The van der Waals surface area contributed by atoms with Gasteiger partial charge in [0.15, 0.2) is 0 Å². The van der Waals surface area contributed by atoms with Gasteiger partial charge in [0.2, 0.25) is 0 Å². The Kier molecular flexibility index (Phi) is 2.66. The Morgan fingerprint density at radius 3 is 2.92 bits per heavy atom. The van der Waals surface area contributed by atoms with Gasteiger partial charge in [0.25, 0.3) is 0 Å². The summed E-state index contributed by atoms with van der Waals surface area (Å²) < 4.78 is 0. The summed E-state index contributed by atoms with van der Waals surface area (Å²) in [6.07, 6.45) is 4.22. The van der Waals surface area contributed by atoms with Crippen LogP contribution >= 0.6 is 0 Å². The molecule has 0 aliphatic carbocycles. The first-order valence-electron chi connectivity index (χ1n) is 5.31. The van der Waals surface area contributed by atoms with E-state index in [1.54, 1.807) is 0 Å². The first-order chi connectivity index (χ1) is 5.86. The Balaban J connectivity index is 1.85. The highest BCUT2D eigenvalue weighted by Gasteiger charge is 2.25. The molecule has 2 rings (SSSR count). The highest BCUT2D eigenvalue weighted by molar-refractivity contribution is 4.83. The van der Waals surface area contributed by atoms with E-state index in [2.05, 4.69) is 17.1 Å². The van der Waals surface area contributed by atoms with Crippen LogP contribution < -0.4 is 5.32 Å². The van der Waals surface area contributed by atoms with Crippen molar-refractivity contribution in [2.45, 2.75) is 32.2 Å². The lowest BCUT2D eigenvalue weighted by Crippen LogP contribution is -2.43. The predicted octanol–water partition coefficient (Wildman–Crippen LogP) is 1.08. The molecular formula is C10H20N2. The van der Waals surface area contributed by atoms with Gasteiger partial charge in [0.05, 0.1) is 0 Å². The molecule has 0 unspecified atom stereocenters. The second kappa shape index (κ2) is 3.75. The molecule has 2 fully saturated rings. The Morgan fingerprint density at radius 2 is 2.25 bits per heavy atom. The Hall–Kier alpha value is -0.0800. The van der Waals surface area contributed by atoms with Crippen LogP contribution in [0.25, 0.3) is 0 Å². The molecule has 2 nitrogen and oxygen atoms in total. The number of nitrogens with one attached hydrogen (secondary N) is 1. The molecule has 2 aliphatic rings. The van der Waals surface area contributed by atoms with Gasteiger partial charge in [-0.1, -0.05) is 6.92 Å². The van der Waals surface area contributed by atoms with Crippen molar-refractivity contribution in [1.29, 1.82) is 0 Å². The van der Waals surface area contributed by atoms with Crippen molar-refractivity contribution in [1.82, 2.24) is 10.2 Å². The summed E-state index contributed by atoms with van der Waals surface area (Å²) in [5.41, 5.74) is 0. The monoisotopic (exact) mass is 168 g/mol. The third-order valence-corrected chi connectivity index (χ3v) is 3.24. The zero-order chi connectivity index (χ0) is 8.39. The first kappa shape index (κ1) is 8.52. The van der Waals surface area contributed by atoms with Crippen molar-refractivity contribution in [2.75, 3.05) is 26.2 Å². The van der Waals surface area contributed by atoms with Crippen molar-refractivity contribution in [2.24, 2.45) is 5.92 Å². The number of hydrogen-bond acceptors (Lipinski definition) is 2. The van der Waals surface area contributed by atoms with Gasteiger partial charge < -0.3 is 5.32 Å². The molecule has 0 bridgehead atoms. The van der Waals surface area contributed by atoms with Crippen molar-refractivity contribution >= 4 is 0 Å². The summed E-state index contributed by atoms with van der Waals surface area (Å²) in [5.74, 6) is 0.930. The number of hydrogen-bond donors (Lipinski definition) is 1. The molecule has 1 N–H and O–H groups in total. The van der Waals surface area contributed by atoms with E-state index >= 15 is 0 Å². The van der Waals surface area contributed by atoms with Crippen LogP contribution in [-0.4, -0.2) is 37.1 Å². The molecule has 12 heavy (non-hydrogen) atoms.